The number of likely N-dealkylation sites (N-methyl/N-ethyl adjacent to an activating group) is 1. The zero-order valence-electron chi connectivity index (χ0n) is 9.25. The molecule has 0 amide bonds. The summed E-state index contributed by atoms with van der Waals surface area (Å²) in [5.41, 5.74) is 3.55. The van der Waals surface area contributed by atoms with Gasteiger partial charge < -0.3 is 10.3 Å². The molecule has 0 radical (unpaired) electrons. The van der Waals surface area contributed by atoms with Crippen LogP contribution in [0.2, 0.25) is 0 Å². The molecule has 1 heterocycles. The van der Waals surface area contributed by atoms with E-state index in [-0.39, 0.29) is 0 Å². The predicted octanol–water partition coefficient (Wildman–Crippen LogP) is 2.28. The highest BCUT2D eigenvalue weighted by Gasteiger charge is 2.09. The van der Waals surface area contributed by atoms with Crippen molar-refractivity contribution in [2.24, 2.45) is 0 Å². The van der Waals surface area contributed by atoms with Gasteiger partial charge in [0.2, 0.25) is 0 Å². The molecular formula is C12H17N3. The van der Waals surface area contributed by atoms with Crippen molar-refractivity contribution in [1.82, 2.24) is 15.3 Å². The first-order valence-electron chi connectivity index (χ1n) is 5.42. The first-order chi connectivity index (χ1) is 7.35. The van der Waals surface area contributed by atoms with Crippen LogP contribution in [0.5, 0.6) is 0 Å². The molecule has 1 aromatic heterocycles. The van der Waals surface area contributed by atoms with E-state index < -0.39 is 0 Å². The van der Waals surface area contributed by atoms with Gasteiger partial charge in [0.15, 0.2) is 0 Å². The summed E-state index contributed by atoms with van der Waals surface area (Å²) in [6.45, 7) is 3.25. The van der Waals surface area contributed by atoms with Crippen molar-refractivity contribution in [3.8, 4) is 0 Å². The van der Waals surface area contributed by atoms with Gasteiger partial charge in [0.05, 0.1) is 17.4 Å². The third kappa shape index (κ3) is 2.02. The van der Waals surface area contributed by atoms with E-state index in [0.717, 1.165) is 24.0 Å². The second kappa shape index (κ2) is 4.45. The normalized spacial score (nSPS) is 13.2. The lowest BCUT2D eigenvalue weighted by molar-refractivity contribution is 0.612. The molecule has 1 aromatic carbocycles. The number of benzene rings is 1. The molecule has 3 nitrogen and oxygen atoms in total. The molecule has 0 saturated heterocycles. The van der Waals surface area contributed by atoms with Gasteiger partial charge in [-0.25, -0.2) is 4.98 Å². The van der Waals surface area contributed by atoms with Gasteiger partial charge in [-0.2, -0.15) is 0 Å². The molecule has 0 aliphatic rings. The van der Waals surface area contributed by atoms with Gasteiger partial charge in [-0.1, -0.05) is 13.0 Å². The average Bonchev–Trinajstić information content (AvgIpc) is 2.72. The van der Waals surface area contributed by atoms with Gasteiger partial charge in [0.1, 0.15) is 0 Å². The Kier molecular flexibility index (Phi) is 3.02. The van der Waals surface area contributed by atoms with Crippen molar-refractivity contribution >= 4 is 11.0 Å². The predicted molar refractivity (Wildman–Crippen MR) is 63.1 cm³/mol. The third-order valence-corrected chi connectivity index (χ3v) is 2.86. The number of fused-ring (bicyclic) bond motifs is 1. The molecular weight excluding hydrogens is 186 g/mol. The second-order valence-corrected chi connectivity index (χ2v) is 3.84. The van der Waals surface area contributed by atoms with Crippen molar-refractivity contribution in [1.29, 1.82) is 0 Å². The van der Waals surface area contributed by atoms with Crippen molar-refractivity contribution in [3.63, 3.8) is 0 Å². The van der Waals surface area contributed by atoms with E-state index in [4.69, 9.17) is 0 Å². The molecule has 2 rings (SSSR count). The molecule has 2 aromatic rings. The average molecular weight is 203 g/mol. The largest absolute Gasteiger partial charge is 0.345 e. The van der Waals surface area contributed by atoms with Gasteiger partial charge in [-0.3, -0.25) is 0 Å². The highest BCUT2D eigenvalue weighted by Crippen LogP contribution is 2.21. The maximum Gasteiger partial charge on any atom is 0.0931 e. The van der Waals surface area contributed by atoms with Gasteiger partial charge in [0, 0.05) is 6.54 Å². The number of rotatable bonds is 4. The summed E-state index contributed by atoms with van der Waals surface area (Å²) in [5.74, 6) is 0.586. The SMILES string of the molecule is CCC(CNC)c1ccc2nc[nH]c2c1. The van der Waals surface area contributed by atoms with Crippen LogP contribution in [0.4, 0.5) is 0 Å². The summed E-state index contributed by atoms with van der Waals surface area (Å²) in [5, 5.41) is 3.23. The molecule has 3 heteroatoms. The fraction of sp³-hybridized carbons (Fsp3) is 0.417. The zero-order chi connectivity index (χ0) is 10.7. The van der Waals surface area contributed by atoms with Crippen molar-refractivity contribution in [3.05, 3.63) is 30.1 Å². The molecule has 0 bridgehead atoms. The summed E-state index contributed by atoms with van der Waals surface area (Å²) < 4.78 is 0. The van der Waals surface area contributed by atoms with Gasteiger partial charge in [-0.05, 0) is 37.1 Å². The molecule has 0 aliphatic carbocycles. The van der Waals surface area contributed by atoms with E-state index >= 15 is 0 Å². The van der Waals surface area contributed by atoms with Crippen LogP contribution in [0.15, 0.2) is 24.5 Å². The van der Waals surface area contributed by atoms with Crippen LogP contribution in [0.25, 0.3) is 11.0 Å². The van der Waals surface area contributed by atoms with Crippen LogP contribution < -0.4 is 5.32 Å². The number of aromatic amines is 1. The number of nitrogens with one attached hydrogen (secondary N) is 2. The molecule has 0 fully saturated rings. The number of hydrogen-bond donors (Lipinski definition) is 2. The van der Waals surface area contributed by atoms with Gasteiger partial charge in [0.25, 0.3) is 0 Å². The number of nitrogens with zero attached hydrogens (tertiary/aromatic N) is 1. The summed E-state index contributed by atoms with van der Waals surface area (Å²) in [6, 6.07) is 6.46. The Balaban J connectivity index is 2.33. The molecule has 0 aliphatic heterocycles. The Labute approximate surface area is 89.9 Å². The van der Waals surface area contributed by atoms with Crippen LogP contribution in [-0.4, -0.2) is 23.6 Å². The molecule has 0 spiro atoms. The van der Waals surface area contributed by atoms with E-state index in [1.807, 2.05) is 7.05 Å². The second-order valence-electron chi connectivity index (χ2n) is 3.84. The number of imidazole rings is 1. The van der Waals surface area contributed by atoms with Crippen molar-refractivity contribution in [2.45, 2.75) is 19.3 Å². The molecule has 15 heavy (non-hydrogen) atoms. The Morgan fingerprint density at radius 1 is 1.47 bits per heavy atom. The fourth-order valence-corrected chi connectivity index (χ4v) is 1.95. The Morgan fingerprint density at radius 2 is 2.33 bits per heavy atom. The van der Waals surface area contributed by atoms with Crippen molar-refractivity contribution < 1.29 is 0 Å². The molecule has 1 unspecified atom stereocenters. The van der Waals surface area contributed by atoms with Gasteiger partial charge >= 0.3 is 0 Å². The lowest BCUT2D eigenvalue weighted by Crippen LogP contribution is -2.16. The lowest BCUT2D eigenvalue weighted by atomic mass is 9.96. The Hall–Kier alpha value is -1.35. The molecule has 80 valence electrons. The van der Waals surface area contributed by atoms with E-state index in [2.05, 4.69) is 40.4 Å². The monoisotopic (exact) mass is 203 g/mol. The van der Waals surface area contributed by atoms with E-state index in [9.17, 15) is 0 Å². The van der Waals surface area contributed by atoms with E-state index in [1.165, 1.54) is 5.56 Å². The number of H-pyrrole nitrogens is 1. The van der Waals surface area contributed by atoms with Gasteiger partial charge in [-0.15, -0.1) is 0 Å². The highest BCUT2D eigenvalue weighted by atomic mass is 14.9. The number of hydrogen-bond acceptors (Lipinski definition) is 2. The van der Waals surface area contributed by atoms with Crippen LogP contribution in [0.3, 0.4) is 0 Å². The van der Waals surface area contributed by atoms with Crippen LogP contribution in [0.1, 0.15) is 24.8 Å². The lowest BCUT2D eigenvalue weighted by Gasteiger charge is -2.14. The highest BCUT2D eigenvalue weighted by molar-refractivity contribution is 5.75. The van der Waals surface area contributed by atoms with E-state index in [0.29, 0.717) is 5.92 Å². The molecule has 1 atom stereocenters. The Morgan fingerprint density at radius 3 is 3.07 bits per heavy atom. The first kappa shape index (κ1) is 10.2. The topological polar surface area (TPSA) is 40.7 Å². The molecule has 2 N–H and O–H groups in total. The molecule has 0 saturated carbocycles. The minimum atomic E-state index is 0.586. The first-order valence-corrected chi connectivity index (χ1v) is 5.42. The minimum Gasteiger partial charge on any atom is -0.345 e. The standard InChI is InChI=1S/C12H17N3/c1-3-9(7-13-2)10-4-5-11-12(6-10)15-8-14-11/h4-6,8-9,13H,3,7H2,1-2H3,(H,14,15). The summed E-state index contributed by atoms with van der Waals surface area (Å²) in [6.07, 6.45) is 2.90. The summed E-state index contributed by atoms with van der Waals surface area (Å²) in [4.78, 5) is 7.37. The van der Waals surface area contributed by atoms with Crippen LogP contribution in [-0.2, 0) is 0 Å². The van der Waals surface area contributed by atoms with Crippen LogP contribution >= 0.6 is 0 Å². The van der Waals surface area contributed by atoms with Crippen molar-refractivity contribution in [2.75, 3.05) is 13.6 Å². The quantitative estimate of drug-likeness (QED) is 0.800. The fourth-order valence-electron chi connectivity index (χ4n) is 1.95. The summed E-state index contributed by atoms with van der Waals surface area (Å²) in [7, 11) is 2.00. The summed E-state index contributed by atoms with van der Waals surface area (Å²) >= 11 is 0. The maximum absolute atomic E-state index is 4.22. The van der Waals surface area contributed by atoms with Crippen LogP contribution in [0, 0.1) is 0 Å². The number of aromatic nitrogens is 2. The van der Waals surface area contributed by atoms with E-state index in [1.54, 1.807) is 6.33 Å². The smallest absolute Gasteiger partial charge is 0.0931 e. The minimum absolute atomic E-state index is 0.586. The third-order valence-electron chi connectivity index (χ3n) is 2.86. The zero-order valence-corrected chi connectivity index (χ0v) is 9.25. The maximum atomic E-state index is 4.22. The Bertz CT molecular complexity index is 433.